The molecule has 0 saturated carbocycles. The van der Waals surface area contributed by atoms with E-state index in [1.54, 1.807) is 0 Å². The highest BCUT2D eigenvalue weighted by Gasteiger charge is 2.29. The third-order valence-corrected chi connectivity index (χ3v) is 6.13. The van der Waals surface area contributed by atoms with Crippen LogP contribution in [0.2, 0.25) is 0 Å². The second-order valence-corrected chi connectivity index (χ2v) is 9.09. The van der Waals surface area contributed by atoms with E-state index >= 15 is 0 Å². The van der Waals surface area contributed by atoms with Crippen LogP contribution in [0, 0.1) is 5.92 Å². The number of allylic oxidation sites excluding steroid dienone is 4. The Morgan fingerprint density at radius 2 is 1.42 bits per heavy atom. The molecule has 1 aliphatic carbocycles. The van der Waals surface area contributed by atoms with E-state index in [-0.39, 0.29) is 22.0 Å². The third-order valence-electron chi connectivity index (χ3n) is 3.27. The van der Waals surface area contributed by atoms with Gasteiger partial charge in [-0.05, 0) is 42.3 Å². The molecule has 1 aromatic rings. The summed E-state index contributed by atoms with van der Waals surface area (Å²) in [5.74, 6) is -1.39. The smallest absolute Gasteiger partial charge is 0.363 e. The molecule has 1 aliphatic rings. The molecule has 0 aliphatic heterocycles. The van der Waals surface area contributed by atoms with Crippen molar-refractivity contribution < 1.29 is 41.4 Å². The maximum absolute atomic E-state index is 12.6. The molecule has 1 aromatic carbocycles. The van der Waals surface area contributed by atoms with Crippen LogP contribution >= 0.6 is 0 Å². The van der Waals surface area contributed by atoms with Crippen LogP contribution in [0.15, 0.2) is 52.0 Å². The van der Waals surface area contributed by atoms with Gasteiger partial charge >= 0.3 is 21.0 Å². The van der Waals surface area contributed by atoms with Gasteiger partial charge in [-0.3, -0.25) is 0 Å². The Morgan fingerprint density at radius 3 is 1.88 bits per heavy atom. The fourth-order valence-corrected chi connectivity index (χ4v) is 4.63. The first-order chi connectivity index (χ1) is 11.8. The maximum Gasteiger partial charge on any atom is 0.488 e. The Labute approximate surface area is 149 Å². The normalized spacial score (nSPS) is 18.7. The van der Waals surface area contributed by atoms with Crippen LogP contribution in [0.4, 0.5) is 7.77 Å². The van der Waals surface area contributed by atoms with Crippen LogP contribution in [0.1, 0.15) is 13.3 Å². The summed E-state index contributed by atoms with van der Waals surface area (Å²) in [6.07, 6.45) is 1.94. The summed E-state index contributed by atoms with van der Waals surface area (Å²) in [7, 11) is -14.5. The molecule has 0 spiro atoms. The number of rotatable bonds is 6. The van der Waals surface area contributed by atoms with Crippen LogP contribution in [0.5, 0.6) is 5.75 Å². The van der Waals surface area contributed by atoms with Gasteiger partial charge in [-0.1, -0.05) is 14.7 Å². The summed E-state index contributed by atoms with van der Waals surface area (Å²) in [6, 6.07) is 3.95. The fourth-order valence-electron chi connectivity index (χ4n) is 2.28. The summed E-state index contributed by atoms with van der Waals surface area (Å²) in [5.41, 5.74) is 0. The van der Waals surface area contributed by atoms with E-state index < -0.39 is 42.5 Å². The van der Waals surface area contributed by atoms with Crippen LogP contribution in [0.3, 0.4) is 0 Å². The van der Waals surface area contributed by atoms with Crippen molar-refractivity contribution in [2.75, 3.05) is 0 Å². The number of sulfone groups is 1. The molecule has 0 bridgehead atoms. The lowest BCUT2D eigenvalue weighted by Gasteiger charge is -2.20. The van der Waals surface area contributed by atoms with E-state index in [1.807, 2.05) is 0 Å². The highest BCUT2D eigenvalue weighted by atomic mass is 32.3. The SMILES string of the molecule is CC1CC(OS(=O)(=O)F)=CC=C1S(=O)(=O)c1ccc(OS(=O)(=O)F)cc1. The molecule has 144 valence electrons. The van der Waals surface area contributed by atoms with Gasteiger partial charge in [-0.15, -0.1) is 0 Å². The molecule has 0 aromatic heterocycles. The predicted molar refractivity (Wildman–Crippen MR) is 85.3 cm³/mol. The largest absolute Gasteiger partial charge is 0.488 e. The minimum Gasteiger partial charge on any atom is -0.363 e. The molecule has 13 heteroatoms. The molecule has 0 fully saturated rings. The van der Waals surface area contributed by atoms with Crippen molar-refractivity contribution in [3.63, 3.8) is 0 Å². The molecule has 0 N–H and O–H groups in total. The Morgan fingerprint density at radius 1 is 0.885 bits per heavy atom. The van der Waals surface area contributed by atoms with Crippen molar-refractivity contribution in [3.8, 4) is 5.75 Å². The number of benzene rings is 1. The van der Waals surface area contributed by atoms with Gasteiger partial charge in [-0.2, -0.15) is 16.8 Å². The van der Waals surface area contributed by atoms with Gasteiger partial charge in [0.05, 0.1) is 9.80 Å². The van der Waals surface area contributed by atoms with Gasteiger partial charge in [0.25, 0.3) is 0 Å². The second kappa shape index (κ2) is 6.96. The Bertz CT molecular complexity index is 1070. The van der Waals surface area contributed by atoms with Gasteiger partial charge in [0.15, 0.2) is 0 Å². The quantitative estimate of drug-likeness (QED) is 0.629. The van der Waals surface area contributed by atoms with Gasteiger partial charge in [0.2, 0.25) is 9.84 Å². The first-order valence-corrected chi connectivity index (χ1v) is 10.9. The average molecular weight is 430 g/mol. The summed E-state index contributed by atoms with van der Waals surface area (Å²) < 4.78 is 100. The van der Waals surface area contributed by atoms with Gasteiger partial charge in [0, 0.05) is 6.42 Å². The van der Waals surface area contributed by atoms with Crippen molar-refractivity contribution in [1.29, 1.82) is 0 Å². The lowest BCUT2D eigenvalue weighted by Crippen LogP contribution is -2.16. The number of hydrogen-bond acceptors (Lipinski definition) is 8. The molecular weight excluding hydrogens is 418 g/mol. The lowest BCUT2D eigenvalue weighted by molar-refractivity contribution is 0.346. The molecule has 1 unspecified atom stereocenters. The van der Waals surface area contributed by atoms with Gasteiger partial charge < -0.3 is 8.37 Å². The zero-order valence-corrected chi connectivity index (χ0v) is 15.4. The highest BCUT2D eigenvalue weighted by molar-refractivity contribution is 7.95. The Kier molecular flexibility index (Phi) is 5.44. The zero-order valence-electron chi connectivity index (χ0n) is 13.0. The minimum atomic E-state index is -5.24. The predicted octanol–water partition coefficient (Wildman–Crippen LogP) is 2.09. The lowest BCUT2D eigenvalue weighted by atomic mass is 10.0. The zero-order chi connectivity index (χ0) is 19.8. The average Bonchev–Trinajstić information content (AvgIpc) is 2.44. The van der Waals surface area contributed by atoms with E-state index in [4.69, 9.17) is 0 Å². The topological polar surface area (TPSA) is 121 Å². The number of halogens is 2. The van der Waals surface area contributed by atoms with E-state index in [0.717, 1.165) is 36.4 Å². The van der Waals surface area contributed by atoms with Crippen molar-refractivity contribution in [2.24, 2.45) is 5.92 Å². The molecule has 0 heterocycles. The van der Waals surface area contributed by atoms with Crippen LogP contribution in [-0.4, -0.2) is 25.3 Å². The molecule has 1 atom stereocenters. The molecule has 0 saturated heterocycles. The van der Waals surface area contributed by atoms with Gasteiger partial charge in [0.1, 0.15) is 11.5 Å². The summed E-state index contributed by atoms with van der Waals surface area (Å²) >= 11 is 0. The molecular formula is C13H12F2O8S3. The van der Waals surface area contributed by atoms with Crippen LogP contribution in [-0.2, 0) is 35.0 Å². The van der Waals surface area contributed by atoms with Crippen molar-refractivity contribution in [3.05, 3.63) is 47.1 Å². The standard InChI is InChI=1S/C13H12F2O8S3/c1-9-8-11(23-26(15,20)21)4-7-13(9)24(16,17)12-5-2-10(3-6-12)22-25(14,18)19/h2-7,9H,8H2,1H3. The van der Waals surface area contributed by atoms with E-state index in [0.29, 0.717) is 0 Å². The van der Waals surface area contributed by atoms with E-state index in [1.165, 1.54) is 6.92 Å². The van der Waals surface area contributed by atoms with Crippen LogP contribution < -0.4 is 4.18 Å². The molecule has 8 nitrogen and oxygen atoms in total. The van der Waals surface area contributed by atoms with E-state index in [2.05, 4.69) is 8.37 Å². The molecule has 0 radical (unpaired) electrons. The summed E-state index contributed by atoms with van der Waals surface area (Å²) in [4.78, 5) is -0.317. The Balaban J connectivity index is 2.32. The first kappa shape index (κ1) is 20.3. The maximum atomic E-state index is 12.6. The van der Waals surface area contributed by atoms with Gasteiger partial charge in [-0.25, -0.2) is 8.42 Å². The highest BCUT2D eigenvalue weighted by Crippen LogP contribution is 2.34. The first-order valence-electron chi connectivity index (χ1n) is 6.82. The summed E-state index contributed by atoms with van der Waals surface area (Å²) in [6.45, 7) is 1.47. The third kappa shape index (κ3) is 5.25. The number of hydrogen-bond donors (Lipinski definition) is 0. The fraction of sp³-hybridized carbons (Fsp3) is 0.231. The molecule has 26 heavy (non-hydrogen) atoms. The van der Waals surface area contributed by atoms with Crippen molar-refractivity contribution in [1.82, 2.24) is 0 Å². The summed E-state index contributed by atoms with van der Waals surface area (Å²) in [5, 5.41) is 0. The van der Waals surface area contributed by atoms with Crippen molar-refractivity contribution in [2.45, 2.75) is 18.2 Å². The van der Waals surface area contributed by atoms with E-state index in [9.17, 15) is 33.0 Å². The monoisotopic (exact) mass is 430 g/mol. The van der Waals surface area contributed by atoms with Crippen molar-refractivity contribution >= 4 is 30.8 Å². The second-order valence-electron chi connectivity index (χ2n) is 5.23. The Hall–Kier alpha value is -1.99. The molecule has 0 amide bonds. The molecule has 2 rings (SSSR count). The minimum absolute atomic E-state index is 0.0899. The van der Waals surface area contributed by atoms with Crippen LogP contribution in [0.25, 0.3) is 0 Å².